The van der Waals surface area contributed by atoms with E-state index >= 15 is 0 Å². The Balaban J connectivity index is 1.75. The van der Waals surface area contributed by atoms with Crippen LogP contribution in [0.2, 0.25) is 0 Å². The number of nitrogens with one attached hydrogen (secondary N) is 1. The van der Waals surface area contributed by atoms with Crippen LogP contribution in [0.5, 0.6) is 5.75 Å². The molecule has 2 aromatic rings. The lowest BCUT2D eigenvalue weighted by Gasteiger charge is -2.28. The van der Waals surface area contributed by atoms with Crippen molar-refractivity contribution >= 4 is 6.03 Å². The highest BCUT2D eigenvalue weighted by Gasteiger charge is 2.24. The molecule has 1 saturated heterocycles. The molecule has 5 nitrogen and oxygen atoms in total. The maximum absolute atomic E-state index is 13.3. The molecular formula is C23H29FN2O3. The standard InChI is InChI=1S/C23H29FN2O3/c1-3-26(16-21-5-4-14-29-21)23(27)25-22(15-17-6-10-19(24)11-7-17)18-8-12-20(28-2)13-9-18/h6-13,21-22H,3-5,14-16H2,1-2H3,(H,25,27). The van der Waals surface area contributed by atoms with Gasteiger partial charge in [-0.3, -0.25) is 0 Å². The van der Waals surface area contributed by atoms with Crippen LogP contribution < -0.4 is 10.1 Å². The monoisotopic (exact) mass is 400 g/mol. The number of methoxy groups -OCH3 is 1. The van der Waals surface area contributed by atoms with Gasteiger partial charge in [-0.1, -0.05) is 24.3 Å². The van der Waals surface area contributed by atoms with Gasteiger partial charge in [0.2, 0.25) is 0 Å². The van der Waals surface area contributed by atoms with Crippen LogP contribution in [0.1, 0.15) is 36.9 Å². The van der Waals surface area contributed by atoms with Crippen molar-refractivity contribution in [3.05, 3.63) is 65.5 Å². The molecule has 0 aromatic heterocycles. The van der Waals surface area contributed by atoms with Crippen molar-refractivity contribution in [2.75, 3.05) is 26.8 Å². The lowest BCUT2D eigenvalue weighted by Crippen LogP contribution is -2.45. The molecule has 1 heterocycles. The quantitative estimate of drug-likeness (QED) is 0.718. The molecule has 156 valence electrons. The van der Waals surface area contributed by atoms with E-state index in [1.165, 1.54) is 12.1 Å². The number of carbonyl (C=O) groups is 1. The van der Waals surface area contributed by atoms with Gasteiger partial charge in [0, 0.05) is 19.7 Å². The van der Waals surface area contributed by atoms with Crippen LogP contribution in [0.25, 0.3) is 0 Å². The summed E-state index contributed by atoms with van der Waals surface area (Å²) < 4.78 is 24.2. The molecule has 1 fully saturated rings. The molecule has 1 aliphatic heterocycles. The number of hydrogen-bond acceptors (Lipinski definition) is 3. The van der Waals surface area contributed by atoms with Gasteiger partial charge in [-0.05, 0) is 61.6 Å². The maximum atomic E-state index is 13.3. The summed E-state index contributed by atoms with van der Waals surface area (Å²) in [7, 11) is 1.62. The van der Waals surface area contributed by atoms with Crippen LogP contribution in [0.3, 0.4) is 0 Å². The van der Waals surface area contributed by atoms with E-state index in [2.05, 4.69) is 5.32 Å². The Kier molecular flexibility index (Phi) is 7.47. The van der Waals surface area contributed by atoms with Gasteiger partial charge in [0.15, 0.2) is 0 Å². The molecule has 29 heavy (non-hydrogen) atoms. The zero-order valence-electron chi connectivity index (χ0n) is 17.1. The minimum atomic E-state index is -0.271. The fourth-order valence-corrected chi connectivity index (χ4v) is 3.57. The Bertz CT molecular complexity index is 774. The van der Waals surface area contributed by atoms with Gasteiger partial charge in [-0.25, -0.2) is 9.18 Å². The smallest absolute Gasteiger partial charge is 0.317 e. The number of likely N-dealkylation sites (N-methyl/N-ethyl adjacent to an activating group) is 1. The van der Waals surface area contributed by atoms with Crippen molar-refractivity contribution in [3.63, 3.8) is 0 Å². The number of nitrogens with zero attached hydrogens (tertiary/aromatic N) is 1. The first-order valence-corrected chi connectivity index (χ1v) is 10.1. The fraction of sp³-hybridized carbons (Fsp3) is 0.435. The molecule has 0 radical (unpaired) electrons. The molecule has 0 spiro atoms. The van der Waals surface area contributed by atoms with E-state index in [-0.39, 0.29) is 24.0 Å². The molecule has 0 aliphatic carbocycles. The highest BCUT2D eigenvalue weighted by molar-refractivity contribution is 5.74. The molecular weight excluding hydrogens is 371 g/mol. The number of urea groups is 1. The summed E-state index contributed by atoms with van der Waals surface area (Å²) >= 11 is 0. The number of carbonyl (C=O) groups excluding carboxylic acids is 1. The Hall–Kier alpha value is -2.60. The summed E-state index contributed by atoms with van der Waals surface area (Å²) in [5, 5.41) is 3.16. The second-order valence-electron chi connectivity index (χ2n) is 7.28. The molecule has 0 saturated carbocycles. The van der Waals surface area contributed by atoms with Gasteiger partial charge >= 0.3 is 6.03 Å². The third-order valence-electron chi connectivity index (χ3n) is 5.29. The first kappa shape index (κ1) is 21.1. The van der Waals surface area contributed by atoms with Crippen molar-refractivity contribution < 1.29 is 18.7 Å². The van der Waals surface area contributed by atoms with Crippen molar-refractivity contribution in [2.24, 2.45) is 0 Å². The highest BCUT2D eigenvalue weighted by Crippen LogP contribution is 2.22. The Labute approximate surface area is 171 Å². The number of hydrogen-bond donors (Lipinski definition) is 1. The zero-order valence-corrected chi connectivity index (χ0v) is 17.1. The summed E-state index contributed by atoms with van der Waals surface area (Å²) in [5.41, 5.74) is 1.92. The van der Waals surface area contributed by atoms with E-state index < -0.39 is 0 Å². The van der Waals surface area contributed by atoms with E-state index in [4.69, 9.17) is 9.47 Å². The molecule has 0 bridgehead atoms. The second kappa shape index (κ2) is 10.3. The van der Waals surface area contributed by atoms with Crippen LogP contribution in [0.4, 0.5) is 9.18 Å². The molecule has 1 aliphatic rings. The van der Waals surface area contributed by atoms with Gasteiger partial charge in [0.25, 0.3) is 0 Å². The SMILES string of the molecule is CCN(CC1CCCO1)C(=O)NC(Cc1ccc(F)cc1)c1ccc(OC)cc1. The normalized spacial score (nSPS) is 17.0. The summed E-state index contributed by atoms with van der Waals surface area (Å²) in [6.45, 7) is 3.94. The summed E-state index contributed by atoms with van der Waals surface area (Å²) in [5.74, 6) is 0.488. The second-order valence-corrected chi connectivity index (χ2v) is 7.28. The highest BCUT2D eigenvalue weighted by atomic mass is 19.1. The fourth-order valence-electron chi connectivity index (χ4n) is 3.57. The van der Waals surface area contributed by atoms with E-state index in [1.807, 2.05) is 31.2 Å². The maximum Gasteiger partial charge on any atom is 0.317 e. The average Bonchev–Trinajstić information content (AvgIpc) is 3.26. The van der Waals surface area contributed by atoms with Crippen molar-refractivity contribution in [2.45, 2.75) is 38.3 Å². The number of benzene rings is 2. The number of rotatable bonds is 8. The van der Waals surface area contributed by atoms with Gasteiger partial charge in [0.05, 0.1) is 19.3 Å². The number of ether oxygens (including phenoxy) is 2. The Morgan fingerprint density at radius 3 is 2.55 bits per heavy atom. The summed E-state index contributed by atoms with van der Waals surface area (Å²) in [6, 6.07) is 13.7. The molecule has 6 heteroatoms. The zero-order chi connectivity index (χ0) is 20.6. The lowest BCUT2D eigenvalue weighted by atomic mass is 9.98. The summed E-state index contributed by atoms with van der Waals surface area (Å²) in [4.78, 5) is 14.8. The summed E-state index contributed by atoms with van der Waals surface area (Å²) in [6.07, 6.45) is 2.71. The van der Waals surface area contributed by atoms with Crippen molar-refractivity contribution in [3.8, 4) is 5.75 Å². The van der Waals surface area contributed by atoms with Gasteiger partial charge in [-0.2, -0.15) is 0 Å². The van der Waals surface area contributed by atoms with Crippen LogP contribution in [0, 0.1) is 5.82 Å². The van der Waals surface area contributed by atoms with E-state index in [0.29, 0.717) is 19.5 Å². The lowest BCUT2D eigenvalue weighted by molar-refractivity contribution is 0.0821. The average molecular weight is 400 g/mol. The van der Waals surface area contributed by atoms with E-state index in [0.717, 1.165) is 36.3 Å². The topological polar surface area (TPSA) is 50.8 Å². The van der Waals surface area contributed by atoms with Crippen LogP contribution in [-0.2, 0) is 11.2 Å². The number of amides is 2. The molecule has 2 atom stereocenters. The van der Waals surface area contributed by atoms with Crippen molar-refractivity contribution in [1.29, 1.82) is 0 Å². The largest absolute Gasteiger partial charge is 0.497 e. The number of halogens is 1. The minimum absolute atomic E-state index is 0.109. The van der Waals surface area contributed by atoms with E-state index in [9.17, 15) is 9.18 Å². The van der Waals surface area contributed by atoms with Gasteiger partial charge in [0.1, 0.15) is 11.6 Å². The first-order chi connectivity index (χ1) is 14.1. The third kappa shape index (κ3) is 5.94. The van der Waals surface area contributed by atoms with Crippen LogP contribution in [-0.4, -0.2) is 43.8 Å². The van der Waals surface area contributed by atoms with Gasteiger partial charge in [-0.15, -0.1) is 0 Å². The Morgan fingerprint density at radius 2 is 1.97 bits per heavy atom. The Morgan fingerprint density at radius 1 is 1.24 bits per heavy atom. The van der Waals surface area contributed by atoms with Crippen molar-refractivity contribution in [1.82, 2.24) is 10.2 Å². The molecule has 2 aromatic carbocycles. The molecule has 2 amide bonds. The minimum Gasteiger partial charge on any atom is -0.497 e. The molecule has 2 unspecified atom stereocenters. The van der Waals surface area contributed by atoms with E-state index in [1.54, 1.807) is 24.1 Å². The van der Waals surface area contributed by atoms with Crippen LogP contribution in [0.15, 0.2) is 48.5 Å². The predicted molar refractivity (Wildman–Crippen MR) is 111 cm³/mol. The molecule has 1 N–H and O–H groups in total. The van der Waals surface area contributed by atoms with Crippen LogP contribution >= 0.6 is 0 Å². The molecule has 3 rings (SSSR count). The first-order valence-electron chi connectivity index (χ1n) is 10.1. The third-order valence-corrected chi connectivity index (χ3v) is 5.29. The predicted octanol–water partition coefficient (Wildman–Crippen LogP) is 4.33. The van der Waals surface area contributed by atoms with Gasteiger partial charge < -0.3 is 19.7 Å².